The summed E-state index contributed by atoms with van der Waals surface area (Å²) in [5, 5.41) is 0.903. The molecule has 0 radical (unpaired) electrons. The van der Waals surface area contributed by atoms with Gasteiger partial charge in [0.2, 0.25) is 0 Å². The highest BCUT2D eigenvalue weighted by atomic mass is 79.9. The van der Waals surface area contributed by atoms with Gasteiger partial charge in [0.1, 0.15) is 5.82 Å². The van der Waals surface area contributed by atoms with Crippen LogP contribution in [0, 0.1) is 5.82 Å². The van der Waals surface area contributed by atoms with E-state index in [2.05, 4.69) is 31.9 Å². The second-order valence-electron chi connectivity index (χ2n) is 2.97. The van der Waals surface area contributed by atoms with Gasteiger partial charge in [0.25, 0.3) is 0 Å². The SMILES string of the molecule is C/C(=C/CCBr)c1cccc(Br)c1F. The highest BCUT2D eigenvalue weighted by Crippen LogP contribution is 2.24. The van der Waals surface area contributed by atoms with E-state index in [0.717, 1.165) is 17.3 Å². The Kier molecular flexibility index (Phi) is 4.82. The molecule has 0 saturated carbocycles. The maximum absolute atomic E-state index is 13.6. The van der Waals surface area contributed by atoms with Crippen molar-refractivity contribution in [2.45, 2.75) is 13.3 Å². The van der Waals surface area contributed by atoms with E-state index in [4.69, 9.17) is 0 Å². The van der Waals surface area contributed by atoms with Crippen molar-refractivity contribution < 1.29 is 4.39 Å². The van der Waals surface area contributed by atoms with Gasteiger partial charge < -0.3 is 0 Å². The number of hydrogen-bond donors (Lipinski definition) is 0. The van der Waals surface area contributed by atoms with E-state index < -0.39 is 0 Å². The third-order valence-corrected chi connectivity index (χ3v) is 3.01. The molecule has 0 nitrogen and oxygen atoms in total. The first-order valence-electron chi connectivity index (χ1n) is 4.34. The lowest BCUT2D eigenvalue weighted by molar-refractivity contribution is 0.617. The Morgan fingerprint density at radius 1 is 1.50 bits per heavy atom. The van der Waals surface area contributed by atoms with Crippen LogP contribution in [0.25, 0.3) is 5.57 Å². The van der Waals surface area contributed by atoms with E-state index in [1.165, 1.54) is 0 Å². The molecule has 1 rings (SSSR count). The molecule has 0 atom stereocenters. The van der Waals surface area contributed by atoms with E-state index >= 15 is 0 Å². The van der Waals surface area contributed by atoms with Crippen molar-refractivity contribution in [3.8, 4) is 0 Å². The van der Waals surface area contributed by atoms with E-state index in [9.17, 15) is 4.39 Å². The molecular weight excluding hydrogens is 311 g/mol. The van der Waals surface area contributed by atoms with E-state index in [-0.39, 0.29) is 5.82 Å². The average molecular weight is 322 g/mol. The molecule has 0 saturated heterocycles. The predicted molar refractivity (Wildman–Crippen MR) is 66.2 cm³/mol. The first-order valence-corrected chi connectivity index (χ1v) is 6.25. The van der Waals surface area contributed by atoms with Gasteiger partial charge in [-0.05, 0) is 40.9 Å². The van der Waals surface area contributed by atoms with Crippen molar-refractivity contribution in [2.75, 3.05) is 5.33 Å². The Balaban J connectivity index is 3.01. The molecule has 0 fully saturated rings. The van der Waals surface area contributed by atoms with Crippen LogP contribution in [0.2, 0.25) is 0 Å². The summed E-state index contributed by atoms with van der Waals surface area (Å²) >= 11 is 6.51. The minimum Gasteiger partial charge on any atom is -0.205 e. The molecule has 3 heteroatoms. The molecular formula is C11H11Br2F. The van der Waals surface area contributed by atoms with Crippen molar-refractivity contribution >= 4 is 37.4 Å². The fraction of sp³-hybridized carbons (Fsp3) is 0.273. The predicted octanol–water partition coefficient (Wildman–Crippen LogP) is 4.78. The normalized spacial score (nSPS) is 11.9. The first kappa shape index (κ1) is 11.9. The third-order valence-electron chi connectivity index (χ3n) is 1.94. The van der Waals surface area contributed by atoms with Crippen molar-refractivity contribution in [2.24, 2.45) is 0 Å². The monoisotopic (exact) mass is 320 g/mol. The van der Waals surface area contributed by atoms with Gasteiger partial charge >= 0.3 is 0 Å². The number of halogens is 3. The molecule has 0 aliphatic carbocycles. The maximum atomic E-state index is 13.6. The summed E-state index contributed by atoms with van der Waals surface area (Å²) in [6.07, 6.45) is 2.94. The molecule has 14 heavy (non-hydrogen) atoms. The minimum atomic E-state index is -0.184. The number of alkyl halides is 1. The second-order valence-corrected chi connectivity index (χ2v) is 4.61. The molecule has 0 aliphatic heterocycles. The van der Waals surface area contributed by atoms with Crippen molar-refractivity contribution in [1.29, 1.82) is 0 Å². The van der Waals surface area contributed by atoms with Gasteiger partial charge in [-0.2, -0.15) is 0 Å². The van der Waals surface area contributed by atoms with Gasteiger partial charge in [0.05, 0.1) is 4.47 Å². The zero-order chi connectivity index (χ0) is 10.6. The van der Waals surface area contributed by atoms with Gasteiger partial charge in [-0.25, -0.2) is 4.39 Å². The Morgan fingerprint density at radius 2 is 2.21 bits per heavy atom. The zero-order valence-electron chi connectivity index (χ0n) is 7.86. The molecule has 0 heterocycles. The largest absolute Gasteiger partial charge is 0.205 e. The highest BCUT2D eigenvalue weighted by molar-refractivity contribution is 9.10. The first-order chi connectivity index (χ1) is 6.66. The van der Waals surface area contributed by atoms with Crippen LogP contribution in [-0.2, 0) is 0 Å². The lowest BCUT2D eigenvalue weighted by atomic mass is 10.1. The van der Waals surface area contributed by atoms with Crippen LogP contribution in [0.4, 0.5) is 4.39 Å². The van der Waals surface area contributed by atoms with Gasteiger partial charge in [-0.3, -0.25) is 0 Å². The Bertz CT molecular complexity index is 345. The smallest absolute Gasteiger partial charge is 0.144 e. The van der Waals surface area contributed by atoms with Crippen molar-refractivity contribution in [3.05, 3.63) is 40.1 Å². The van der Waals surface area contributed by atoms with Gasteiger partial charge in [-0.15, -0.1) is 0 Å². The Morgan fingerprint density at radius 3 is 2.86 bits per heavy atom. The summed E-state index contributed by atoms with van der Waals surface area (Å²) in [6.45, 7) is 1.92. The summed E-state index contributed by atoms with van der Waals surface area (Å²) in [5.41, 5.74) is 1.64. The molecule has 0 spiro atoms. The van der Waals surface area contributed by atoms with Crippen LogP contribution in [0.15, 0.2) is 28.7 Å². The summed E-state index contributed by atoms with van der Waals surface area (Å²) in [5.74, 6) is -0.184. The van der Waals surface area contributed by atoms with Crippen molar-refractivity contribution in [3.63, 3.8) is 0 Å². The van der Waals surface area contributed by atoms with Crippen LogP contribution in [0.5, 0.6) is 0 Å². The molecule has 0 aliphatic rings. The molecule has 0 amide bonds. The van der Waals surface area contributed by atoms with Crippen LogP contribution in [0.3, 0.4) is 0 Å². The summed E-state index contributed by atoms with van der Waals surface area (Å²) in [7, 11) is 0. The number of benzene rings is 1. The Labute approximate surface area is 100 Å². The van der Waals surface area contributed by atoms with Crippen LogP contribution in [0.1, 0.15) is 18.9 Å². The average Bonchev–Trinajstić information content (AvgIpc) is 2.18. The highest BCUT2D eigenvalue weighted by Gasteiger charge is 2.06. The fourth-order valence-corrected chi connectivity index (χ4v) is 1.78. The zero-order valence-corrected chi connectivity index (χ0v) is 11.0. The molecule has 1 aromatic rings. The number of hydrogen-bond acceptors (Lipinski definition) is 0. The summed E-state index contributed by atoms with van der Waals surface area (Å²) in [6, 6.07) is 5.34. The summed E-state index contributed by atoms with van der Waals surface area (Å²) < 4.78 is 14.1. The molecule has 76 valence electrons. The lowest BCUT2D eigenvalue weighted by Gasteiger charge is -2.04. The molecule has 0 aromatic heterocycles. The van der Waals surface area contributed by atoms with Gasteiger partial charge in [-0.1, -0.05) is 34.1 Å². The van der Waals surface area contributed by atoms with Crippen molar-refractivity contribution in [1.82, 2.24) is 0 Å². The minimum absolute atomic E-state index is 0.184. The fourth-order valence-electron chi connectivity index (χ4n) is 1.19. The third kappa shape index (κ3) is 2.92. The summed E-state index contributed by atoms with van der Waals surface area (Å²) in [4.78, 5) is 0. The van der Waals surface area contributed by atoms with E-state index in [1.54, 1.807) is 12.1 Å². The van der Waals surface area contributed by atoms with E-state index in [1.807, 2.05) is 19.1 Å². The quantitative estimate of drug-likeness (QED) is 0.703. The molecule has 0 unspecified atom stereocenters. The Hall–Kier alpha value is -0.150. The molecule has 0 N–H and O–H groups in total. The van der Waals surface area contributed by atoms with Crippen LogP contribution < -0.4 is 0 Å². The van der Waals surface area contributed by atoms with Crippen LogP contribution >= 0.6 is 31.9 Å². The number of rotatable bonds is 3. The molecule has 1 aromatic carbocycles. The van der Waals surface area contributed by atoms with Gasteiger partial charge in [0.15, 0.2) is 0 Å². The second kappa shape index (κ2) is 5.66. The topological polar surface area (TPSA) is 0 Å². The number of allylic oxidation sites excluding steroid dienone is 2. The van der Waals surface area contributed by atoms with Gasteiger partial charge in [0, 0.05) is 10.9 Å². The molecule has 0 bridgehead atoms. The lowest BCUT2D eigenvalue weighted by Crippen LogP contribution is -1.88. The van der Waals surface area contributed by atoms with Crippen LogP contribution in [-0.4, -0.2) is 5.33 Å². The standard InChI is InChI=1S/C11H11Br2F/c1-8(4-3-7-12)9-5-2-6-10(13)11(9)14/h2,4-6H,3,7H2,1H3/b8-4-. The van der Waals surface area contributed by atoms with E-state index in [0.29, 0.717) is 10.0 Å². The maximum Gasteiger partial charge on any atom is 0.144 e.